The number of hydrogen-bond donors (Lipinski definition) is 0. The van der Waals surface area contributed by atoms with Crippen molar-refractivity contribution in [2.45, 2.75) is 109 Å². The third-order valence-electron chi connectivity index (χ3n) is 10.3. The van der Waals surface area contributed by atoms with Gasteiger partial charge in [-0.1, -0.05) is 19.3 Å². The summed E-state index contributed by atoms with van der Waals surface area (Å²) in [7, 11) is 0. The van der Waals surface area contributed by atoms with Gasteiger partial charge < -0.3 is 14.7 Å². The Labute approximate surface area is 221 Å². The van der Waals surface area contributed by atoms with Gasteiger partial charge in [-0.15, -0.1) is 0 Å². The maximum atomic E-state index is 13.3. The summed E-state index contributed by atoms with van der Waals surface area (Å²) in [6, 6.07) is 1.55. The van der Waals surface area contributed by atoms with Gasteiger partial charge >= 0.3 is 0 Å². The molecule has 5 heterocycles. The average molecular weight is 502 g/mol. The molecule has 0 amide bonds. The highest BCUT2D eigenvalue weighted by molar-refractivity contribution is 5.79. The molecular weight excluding hydrogens is 446 g/mol. The Morgan fingerprint density at radius 2 is 1.00 bits per heavy atom. The number of piperidine rings is 5. The van der Waals surface area contributed by atoms with Crippen molar-refractivity contribution in [1.29, 1.82) is 0 Å². The fourth-order valence-electron chi connectivity index (χ4n) is 8.18. The van der Waals surface area contributed by atoms with Crippen LogP contribution in [-0.4, -0.2) is 121 Å². The summed E-state index contributed by atoms with van der Waals surface area (Å²) in [5.74, 6) is 0.544. The van der Waals surface area contributed by atoms with Crippen LogP contribution in [0.2, 0.25) is 0 Å². The van der Waals surface area contributed by atoms with Gasteiger partial charge in [0.15, 0.2) is 0 Å². The van der Waals surface area contributed by atoms with E-state index in [-0.39, 0.29) is 5.92 Å². The zero-order chi connectivity index (χ0) is 24.7. The molecule has 0 radical (unpaired) electrons. The average Bonchev–Trinajstić information content (AvgIpc) is 2.95. The van der Waals surface area contributed by atoms with Crippen molar-refractivity contribution < 1.29 is 4.79 Å². The van der Waals surface area contributed by atoms with E-state index in [0.717, 1.165) is 18.6 Å². The molecule has 36 heavy (non-hydrogen) atoms. The van der Waals surface area contributed by atoms with Crippen LogP contribution in [0.15, 0.2) is 0 Å². The van der Waals surface area contributed by atoms with Gasteiger partial charge in [0.05, 0.1) is 12.1 Å². The first-order chi connectivity index (χ1) is 17.7. The highest BCUT2D eigenvalue weighted by atomic mass is 16.1. The minimum Gasteiger partial charge on any atom is -0.302 e. The molecule has 2 unspecified atom stereocenters. The smallest absolute Gasteiger partial charge is 0.137 e. The lowest BCUT2D eigenvalue weighted by Gasteiger charge is -2.49. The number of hydrogen-bond acceptors (Lipinski definition) is 6. The summed E-state index contributed by atoms with van der Waals surface area (Å²) in [6.07, 6.45) is 17.8. The summed E-state index contributed by atoms with van der Waals surface area (Å²) >= 11 is 0. The first kappa shape index (κ1) is 27.1. The molecule has 5 fully saturated rings. The molecule has 0 aromatic heterocycles. The summed E-state index contributed by atoms with van der Waals surface area (Å²) in [5.41, 5.74) is 0. The highest BCUT2D eigenvalue weighted by Crippen LogP contribution is 2.29. The van der Waals surface area contributed by atoms with Gasteiger partial charge in [0.2, 0.25) is 0 Å². The lowest BCUT2D eigenvalue weighted by molar-refractivity contribution is -0.130. The molecule has 5 aliphatic rings. The molecule has 0 spiro atoms. The van der Waals surface area contributed by atoms with Crippen LogP contribution in [0.1, 0.15) is 90.4 Å². The second-order valence-corrected chi connectivity index (χ2v) is 12.7. The van der Waals surface area contributed by atoms with Crippen molar-refractivity contribution in [1.82, 2.24) is 24.5 Å². The van der Waals surface area contributed by atoms with Crippen LogP contribution < -0.4 is 0 Å². The van der Waals surface area contributed by atoms with Crippen molar-refractivity contribution in [2.75, 3.05) is 72.0 Å². The van der Waals surface area contributed by atoms with E-state index < -0.39 is 0 Å². The van der Waals surface area contributed by atoms with E-state index in [0.29, 0.717) is 11.9 Å². The Morgan fingerprint density at radius 1 is 0.583 bits per heavy atom. The van der Waals surface area contributed by atoms with Crippen molar-refractivity contribution >= 4 is 5.78 Å². The van der Waals surface area contributed by atoms with E-state index in [1.807, 2.05) is 6.92 Å². The van der Waals surface area contributed by atoms with Gasteiger partial charge in [0.25, 0.3) is 0 Å². The van der Waals surface area contributed by atoms with E-state index in [1.54, 1.807) is 0 Å². The van der Waals surface area contributed by atoms with E-state index in [9.17, 15) is 4.79 Å². The van der Waals surface area contributed by atoms with Crippen LogP contribution in [0.5, 0.6) is 0 Å². The van der Waals surface area contributed by atoms with Gasteiger partial charge in [-0.25, -0.2) is 0 Å². The third-order valence-corrected chi connectivity index (χ3v) is 10.3. The summed E-state index contributed by atoms with van der Waals surface area (Å²) in [5, 5.41) is 0. The molecule has 6 nitrogen and oxygen atoms in total. The van der Waals surface area contributed by atoms with Crippen molar-refractivity contribution in [3.63, 3.8) is 0 Å². The van der Waals surface area contributed by atoms with E-state index in [2.05, 4.69) is 24.5 Å². The van der Waals surface area contributed by atoms with E-state index >= 15 is 0 Å². The second-order valence-electron chi connectivity index (χ2n) is 12.7. The zero-order valence-corrected chi connectivity index (χ0v) is 23.4. The summed E-state index contributed by atoms with van der Waals surface area (Å²) < 4.78 is 0. The molecule has 0 aliphatic carbocycles. The van der Waals surface area contributed by atoms with E-state index in [4.69, 9.17) is 0 Å². The molecule has 5 rings (SSSR count). The van der Waals surface area contributed by atoms with Crippen LogP contribution in [0.3, 0.4) is 0 Å². The standard InChI is InChI=1S/C30H55N5O/c1-26(36)29(25-31-21-11-27(12-22-31)32-15-5-2-6-16-32)30(34-19-9-4-10-20-34)35-23-13-28(14-24-35)33-17-7-3-8-18-33/h27-30H,2-25H2,1H3. The number of Topliss-reactive ketones (excluding diaryl/α,β-unsaturated/α-hetero) is 1. The molecule has 0 N–H and O–H groups in total. The molecule has 5 aliphatic heterocycles. The molecule has 6 heteroatoms. The lowest BCUT2D eigenvalue weighted by atomic mass is 9.92. The molecule has 0 bridgehead atoms. The first-order valence-corrected chi connectivity index (χ1v) is 15.9. The maximum absolute atomic E-state index is 13.3. The van der Waals surface area contributed by atoms with Gasteiger partial charge in [-0.05, 0) is 123 Å². The summed E-state index contributed by atoms with van der Waals surface area (Å²) in [4.78, 5) is 26.9. The molecule has 0 aromatic rings. The Morgan fingerprint density at radius 3 is 1.47 bits per heavy atom. The van der Waals surface area contributed by atoms with Crippen molar-refractivity contribution in [2.24, 2.45) is 5.92 Å². The second kappa shape index (κ2) is 13.5. The Bertz CT molecular complexity index is 654. The van der Waals surface area contributed by atoms with Gasteiger partial charge in [0.1, 0.15) is 5.78 Å². The quantitative estimate of drug-likeness (QED) is 0.502. The molecule has 5 saturated heterocycles. The number of carbonyl (C=O) groups excluding carboxylic acids is 1. The van der Waals surface area contributed by atoms with Crippen molar-refractivity contribution in [3.05, 3.63) is 0 Å². The first-order valence-electron chi connectivity index (χ1n) is 15.9. The fourth-order valence-corrected chi connectivity index (χ4v) is 8.18. The normalized spacial score (nSPS) is 29.8. The largest absolute Gasteiger partial charge is 0.302 e. The molecule has 2 atom stereocenters. The predicted molar refractivity (Wildman–Crippen MR) is 148 cm³/mol. The number of rotatable bonds is 8. The minimum absolute atomic E-state index is 0.126. The van der Waals surface area contributed by atoms with Crippen LogP contribution in [0, 0.1) is 5.92 Å². The summed E-state index contributed by atoms with van der Waals surface area (Å²) in [6.45, 7) is 15.1. The monoisotopic (exact) mass is 501 g/mol. The number of ketones is 1. The Kier molecular flexibility index (Phi) is 10.1. The van der Waals surface area contributed by atoms with Crippen LogP contribution in [0.4, 0.5) is 0 Å². The van der Waals surface area contributed by atoms with Crippen molar-refractivity contribution in [3.8, 4) is 0 Å². The zero-order valence-electron chi connectivity index (χ0n) is 23.4. The SMILES string of the molecule is CC(=O)C(CN1CCC(N2CCCCC2)CC1)C(N1CCCCC1)N1CCC(N2CCCCC2)CC1. The topological polar surface area (TPSA) is 33.3 Å². The van der Waals surface area contributed by atoms with Gasteiger partial charge in [-0.3, -0.25) is 14.6 Å². The van der Waals surface area contributed by atoms with Crippen LogP contribution in [0.25, 0.3) is 0 Å². The number of nitrogens with zero attached hydrogens (tertiary/aromatic N) is 5. The molecular formula is C30H55N5O. The maximum Gasteiger partial charge on any atom is 0.137 e. The number of carbonyl (C=O) groups is 1. The molecule has 0 saturated carbocycles. The van der Waals surface area contributed by atoms with Crippen LogP contribution >= 0.6 is 0 Å². The molecule has 206 valence electrons. The van der Waals surface area contributed by atoms with Gasteiger partial charge in [-0.2, -0.15) is 0 Å². The minimum atomic E-state index is 0.126. The Hall–Kier alpha value is -0.530. The Balaban J connectivity index is 1.21. The van der Waals surface area contributed by atoms with Crippen LogP contribution in [-0.2, 0) is 4.79 Å². The molecule has 0 aromatic carbocycles. The van der Waals surface area contributed by atoms with Gasteiger partial charge in [0, 0.05) is 31.7 Å². The highest BCUT2D eigenvalue weighted by Gasteiger charge is 2.39. The lowest BCUT2D eigenvalue weighted by Crippen LogP contribution is -2.61. The fraction of sp³-hybridized carbons (Fsp3) is 0.967. The third kappa shape index (κ3) is 6.91. The number of likely N-dealkylation sites (tertiary alicyclic amines) is 5. The van der Waals surface area contributed by atoms with E-state index in [1.165, 1.54) is 149 Å². The predicted octanol–water partition coefficient (Wildman–Crippen LogP) is 3.90.